The van der Waals surface area contributed by atoms with E-state index in [1.165, 1.54) is 11.1 Å². The summed E-state index contributed by atoms with van der Waals surface area (Å²) in [7, 11) is 0. The zero-order valence-corrected chi connectivity index (χ0v) is 13.6. The van der Waals surface area contributed by atoms with Crippen LogP contribution in [-0.4, -0.2) is 14.9 Å². The highest BCUT2D eigenvalue weighted by atomic mass is 16.3. The van der Waals surface area contributed by atoms with Gasteiger partial charge in [0.05, 0.1) is 18.8 Å². The van der Waals surface area contributed by atoms with Crippen LogP contribution in [0, 0.1) is 0 Å². The van der Waals surface area contributed by atoms with E-state index in [1.54, 1.807) is 0 Å². The van der Waals surface area contributed by atoms with E-state index < -0.39 is 0 Å². The number of aliphatic hydroxyl groups is 1. The summed E-state index contributed by atoms with van der Waals surface area (Å²) in [4.78, 5) is 0. The molecule has 0 aliphatic carbocycles. The van der Waals surface area contributed by atoms with Crippen molar-refractivity contribution in [2.24, 2.45) is 0 Å². The number of hydrogen-bond acceptors (Lipinski definition) is 2. The van der Waals surface area contributed by atoms with Crippen LogP contribution in [0.2, 0.25) is 0 Å². The van der Waals surface area contributed by atoms with Gasteiger partial charge >= 0.3 is 0 Å². The van der Waals surface area contributed by atoms with E-state index in [9.17, 15) is 5.11 Å². The highest BCUT2D eigenvalue weighted by Gasteiger charge is 2.14. The summed E-state index contributed by atoms with van der Waals surface area (Å²) in [6, 6.07) is 8.76. The van der Waals surface area contributed by atoms with Gasteiger partial charge < -0.3 is 5.11 Å². The van der Waals surface area contributed by atoms with Gasteiger partial charge in [0.1, 0.15) is 0 Å². The van der Waals surface area contributed by atoms with Crippen LogP contribution in [0.1, 0.15) is 61.7 Å². The Labute approximate surface area is 127 Å². The molecular weight excluding hydrogens is 260 g/mol. The van der Waals surface area contributed by atoms with Gasteiger partial charge in [-0.2, -0.15) is 5.10 Å². The van der Waals surface area contributed by atoms with Gasteiger partial charge in [-0.1, -0.05) is 52.0 Å². The summed E-state index contributed by atoms with van der Waals surface area (Å²) in [6.07, 6.45) is 1.76. The SMILES string of the molecule is CCc1nn(Cc2ccc(C(C)C)cc2)c(CC)c1CO. The van der Waals surface area contributed by atoms with Crippen LogP contribution >= 0.6 is 0 Å². The standard InChI is InChI=1S/C18H26N2O/c1-5-17-16(12-21)18(6-2)20(19-17)11-14-7-9-15(10-8-14)13(3)4/h7-10,13,21H,5-6,11-12H2,1-4H3. The molecular formula is C18H26N2O. The van der Waals surface area contributed by atoms with Crippen molar-refractivity contribution in [1.29, 1.82) is 0 Å². The summed E-state index contributed by atoms with van der Waals surface area (Å²) in [5, 5.41) is 14.3. The maximum Gasteiger partial charge on any atom is 0.0718 e. The van der Waals surface area contributed by atoms with Crippen molar-refractivity contribution in [1.82, 2.24) is 9.78 Å². The first-order valence-corrected chi connectivity index (χ1v) is 7.87. The Kier molecular flexibility index (Phi) is 5.18. The molecule has 0 bridgehead atoms. The molecule has 0 unspecified atom stereocenters. The second-order valence-electron chi connectivity index (χ2n) is 5.79. The van der Waals surface area contributed by atoms with Gasteiger partial charge in [-0.25, -0.2) is 0 Å². The van der Waals surface area contributed by atoms with E-state index in [4.69, 9.17) is 0 Å². The number of aryl methyl sites for hydroxylation is 1. The fourth-order valence-electron chi connectivity index (χ4n) is 2.76. The monoisotopic (exact) mass is 286 g/mol. The van der Waals surface area contributed by atoms with Gasteiger partial charge in [0.2, 0.25) is 0 Å². The minimum atomic E-state index is 0.0820. The molecule has 1 aromatic carbocycles. The van der Waals surface area contributed by atoms with Gasteiger partial charge in [0.15, 0.2) is 0 Å². The molecule has 1 N–H and O–H groups in total. The third-order valence-electron chi connectivity index (χ3n) is 4.06. The molecule has 0 amide bonds. The highest BCUT2D eigenvalue weighted by Crippen LogP contribution is 2.19. The van der Waals surface area contributed by atoms with Gasteiger partial charge in [0, 0.05) is 11.3 Å². The molecule has 0 saturated carbocycles. The van der Waals surface area contributed by atoms with Crippen molar-refractivity contribution in [3.8, 4) is 0 Å². The van der Waals surface area contributed by atoms with Crippen LogP contribution < -0.4 is 0 Å². The Morgan fingerprint density at radius 2 is 1.76 bits per heavy atom. The summed E-state index contributed by atoms with van der Waals surface area (Å²) >= 11 is 0. The number of rotatable bonds is 6. The van der Waals surface area contributed by atoms with E-state index >= 15 is 0 Å². The van der Waals surface area contributed by atoms with Gasteiger partial charge in [-0.05, 0) is 29.9 Å². The first-order valence-electron chi connectivity index (χ1n) is 7.87. The van der Waals surface area contributed by atoms with E-state index in [2.05, 4.69) is 61.7 Å². The maximum absolute atomic E-state index is 9.59. The lowest BCUT2D eigenvalue weighted by atomic mass is 10.0. The quantitative estimate of drug-likeness (QED) is 0.880. The molecule has 0 atom stereocenters. The fraction of sp³-hybridized carbons (Fsp3) is 0.500. The van der Waals surface area contributed by atoms with Gasteiger partial charge in [0.25, 0.3) is 0 Å². The minimum Gasteiger partial charge on any atom is -0.392 e. The van der Waals surface area contributed by atoms with Crippen LogP contribution in [0.5, 0.6) is 0 Å². The molecule has 114 valence electrons. The Morgan fingerprint density at radius 1 is 1.10 bits per heavy atom. The second kappa shape index (κ2) is 6.90. The van der Waals surface area contributed by atoms with Crippen LogP contribution in [0.15, 0.2) is 24.3 Å². The first-order chi connectivity index (χ1) is 10.1. The van der Waals surface area contributed by atoms with E-state index in [1.807, 2.05) is 0 Å². The van der Waals surface area contributed by atoms with E-state index in [-0.39, 0.29) is 6.61 Å². The van der Waals surface area contributed by atoms with Crippen LogP contribution in [-0.2, 0) is 26.0 Å². The molecule has 0 aliphatic heterocycles. The molecule has 2 aromatic rings. The molecule has 3 nitrogen and oxygen atoms in total. The average Bonchev–Trinajstić information content (AvgIpc) is 2.84. The molecule has 0 spiro atoms. The predicted molar refractivity (Wildman–Crippen MR) is 86.5 cm³/mol. The van der Waals surface area contributed by atoms with Crippen LogP contribution in [0.3, 0.4) is 0 Å². The first kappa shape index (κ1) is 15.8. The topological polar surface area (TPSA) is 38.0 Å². The van der Waals surface area contributed by atoms with E-state index in [0.29, 0.717) is 5.92 Å². The zero-order chi connectivity index (χ0) is 15.4. The molecule has 0 saturated heterocycles. The molecule has 0 radical (unpaired) electrons. The van der Waals surface area contributed by atoms with Crippen LogP contribution in [0.4, 0.5) is 0 Å². The summed E-state index contributed by atoms with van der Waals surface area (Å²) in [6.45, 7) is 9.47. The maximum atomic E-state index is 9.59. The number of benzene rings is 1. The molecule has 0 aliphatic rings. The lowest BCUT2D eigenvalue weighted by molar-refractivity contribution is 0.279. The number of aliphatic hydroxyl groups excluding tert-OH is 1. The van der Waals surface area contributed by atoms with Crippen molar-refractivity contribution in [2.75, 3.05) is 0 Å². The largest absolute Gasteiger partial charge is 0.392 e. The lowest BCUT2D eigenvalue weighted by Crippen LogP contribution is -2.07. The Balaban J connectivity index is 2.28. The van der Waals surface area contributed by atoms with Gasteiger partial charge in [-0.15, -0.1) is 0 Å². The molecule has 0 fully saturated rings. The van der Waals surface area contributed by atoms with Crippen molar-refractivity contribution < 1.29 is 5.11 Å². The fourth-order valence-corrected chi connectivity index (χ4v) is 2.76. The number of aromatic nitrogens is 2. The van der Waals surface area contributed by atoms with Gasteiger partial charge in [-0.3, -0.25) is 4.68 Å². The normalized spacial score (nSPS) is 11.3. The molecule has 1 heterocycles. The third kappa shape index (κ3) is 3.35. The Morgan fingerprint density at radius 3 is 2.24 bits per heavy atom. The second-order valence-corrected chi connectivity index (χ2v) is 5.79. The van der Waals surface area contributed by atoms with Crippen LogP contribution in [0.25, 0.3) is 0 Å². The van der Waals surface area contributed by atoms with Crippen molar-refractivity contribution >= 4 is 0 Å². The van der Waals surface area contributed by atoms with Crippen molar-refractivity contribution in [2.45, 2.75) is 59.6 Å². The van der Waals surface area contributed by atoms with E-state index in [0.717, 1.165) is 36.3 Å². The summed E-state index contributed by atoms with van der Waals surface area (Å²) < 4.78 is 2.05. The predicted octanol–water partition coefficient (Wildman–Crippen LogP) is 3.67. The summed E-state index contributed by atoms with van der Waals surface area (Å²) in [5.74, 6) is 0.558. The molecule has 21 heavy (non-hydrogen) atoms. The minimum absolute atomic E-state index is 0.0820. The smallest absolute Gasteiger partial charge is 0.0718 e. The number of nitrogens with zero attached hydrogens (tertiary/aromatic N) is 2. The van der Waals surface area contributed by atoms with Crippen molar-refractivity contribution in [3.63, 3.8) is 0 Å². The molecule has 3 heteroatoms. The lowest BCUT2D eigenvalue weighted by Gasteiger charge is -2.09. The summed E-state index contributed by atoms with van der Waals surface area (Å²) in [5.41, 5.74) is 5.80. The van der Waals surface area contributed by atoms with Crippen molar-refractivity contribution in [3.05, 3.63) is 52.3 Å². The highest BCUT2D eigenvalue weighted by molar-refractivity contribution is 5.29. The number of hydrogen-bond donors (Lipinski definition) is 1. The Hall–Kier alpha value is -1.61. The average molecular weight is 286 g/mol. The molecule has 2 rings (SSSR count). The third-order valence-corrected chi connectivity index (χ3v) is 4.06. The molecule has 1 aromatic heterocycles. The zero-order valence-electron chi connectivity index (χ0n) is 13.6. The Bertz CT molecular complexity index is 582.